The molecule has 0 aromatic rings. The molecule has 0 bridgehead atoms. The molecule has 0 aromatic heterocycles. The molecule has 3 heteroatoms. The summed E-state index contributed by atoms with van der Waals surface area (Å²) in [5, 5.41) is 2.75. The number of ether oxygens (including phenoxy) is 1. The van der Waals surface area contributed by atoms with Gasteiger partial charge in [0, 0.05) is 19.6 Å². The van der Waals surface area contributed by atoms with Crippen molar-refractivity contribution in [3.8, 4) is 0 Å². The summed E-state index contributed by atoms with van der Waals surface area (Å²) in [5.41, 5.74) is 0. The van der Waals surface area contributed by atoms with Gasteiger partial charge in [-0.2, -0.15) is 0 Å². The van der Waals surface area contributed by atoms with Gasteiger partial charge in [0.15, 0.2) is 0 Å². The maximum Gasteiger partial charge on any atom is 0.217 e. The van der Waals surface area contributed by atoms with Crippen molar-refractivity contribution in [3.05, 3.63) is 0 Å². The molecular formula is C9H19NO2. The molecule has 0 saturated carbocycles. The van der Waals surface area contributed by atoms with Crippen LogP contribution in [-0.4, -0.2) is 25.2 Å². The lowest BCUT2D eigenvalue weighted by molar-refractivity contribution is -0.120. The van der Waals surface area contributed by atoms with Crippen LogP contribution in [-0.2, 0) is 9.53 Å². The van der Waals surface area contributed by atoms with Crippen LogP contribution < -0.4 is 5.32 Å². The van der Waals surface area contributed by atoms with Crippen molar-refractivity contribution < 1.29 is 9.53 Å². The lowest BCUT2D eigenvalue weighted by Gasteiger charge is -2.13. The third-order valence-corrected chi connectivity index (χ3v) is 1.27. The summed E-state index contributed by atoms with van der Waals surface area (Å²) in [6.07, 6.45) is 0. The molecule has 1 atom stereocenters. The minimum Gasteiger partial charge on any atom is -0.379 e. The average Bonchev–Trinajstić information content (AvgIpc) is 1.84. The smallest absolute Gasteiger partial charge is 0.217 e. The summed E-state index contributed by atoms with van der Waals surface area (Å²) in [6, 6.07) is 0.112. The maximum absolute atomic E-state index is 10.6. The Kier molecular flexibility index (Phi) is 5.72. The van der Waals surface area contributed by atoms with Gasteiger partial charge in [0.25, 0.3) is 0 Å². The lowest BCUT2D eigenvalue weighted by atomic mass is 10.2. The highest BCUT2D eigenvalue weighted by atomic mass is 16.5. The number of hydrogen-bond acceptors (Lipinski definition) is 2. The van der Waals surface area contributed by atoms with Crippen molar-refractivity contribution in [1.82, 2.24) is 5.32 Å². The fourth-order valence-electron chi connectivity index (χ4n) is 0.869. The fourth-order valence-corrected chi connectivity index (χ4v) is 0.869. The maximum atomic E-state index is 10.6. The van der Waals surface area contributed by atoms with Crippen molar-refractivity contribution in [2.24, 2.45) is 5.92 Å². The molecule has 0 radical (unpaired) electrons. The Morgan fingerprint density at radius 2 is 1.92 bits per heavy atom. The molecule has 0 heterocycles. The molecule has 0 rings (SSSR count). The predicted molar refractivity (Wildman–Crippen MR) is 48.9 cm³/mol. The summed E-state index contributed by atoms with van der Waals surface area (Å²) in [4.78, 5) is 10.6. The minimum atomic E-state index is -0.00403. The van der Waals surface area contributed by atoms with E-state index >= 15 is 0 Å². The summed E-state index contributed by atoms with van der Waals surface area (Å²) in [5.74, 6) is 0.546. The Labute approximate surface area is 74.5 Å². The van der Waals surface area contributed by atoms with Crippen molar-refractivity contribution in [1.29, 1.82) is 0 Å². The molecule has 0 spiro atoms. The predicted octanol–water partition coefficient (Wildman–Crippen LogP) is 1.18. The highest BCUT2D eigenvalue weighted by Crippen LogP contribution is 1.93. The molecule has 0 saturated heterocycles. The summed E-state index contributed by atoms with van der Waals surface area (Å²) < 4.78 is 5.34. The lowest BCUT2D eigenvalue weighted by Crippen LogP contribution is -2.34. The van der Waals surface area contributed by atoms with Crippen molar-refractivity contribution in [3.63, 3.8) is 0 Å². The van der Waals surface area contributed by atoms with Crippen LogP contribution >= 0.6 is 0 Å². The van der Waals surface area contributed by atoms with E-state index in [0.717, 1.165) is 6.61 Å². The van der Waals surface area contributed by atoms with Gasteiger partial charge in [-0.3, -0.25) is 4.79 Å². The zero-order valence-electron chi connectivity index (χ0n) is 8.39. The molecule has 72 valence electrons. The Morgan fingerprint density at radius 1 is 1.33 bits per heavy atom. The SMILES string of the molecule is CC(=O)NC(C)COCC(C)C. The largest absolute Gasteiger partial charge is 0.379 e. The van der Waals surface area contributed by atoms with Crippen LogP contribution in [0.2, 0.25) is 0 Å². The van der Waals surface area contributed by atoms with Crippen LogP contribution in [0.25, 0.3) is 0 Å². The van der Waals surface area contributed by atoms with E-state index in [1.54, 1.807) is 0 Å². The number of amides is 1. The molecule has 3 nitrogen and oxygen atoms in total. The van der Waals surface area contributed by atoms with Gasteiger partial charge < -0.3 is 10.1 Å². The third kappa shape index (κ3) is 7.54. The first-order valence-corrected chi connectivity index (χ1v) is 4.37. The van der Waals surface area contributed by atoms with E-state index in [9.17, 15) is 4.79 Å². The topological polar surface area (TPSA) is 38.3 Å². The van der Waals surface area contributed by atoms with Gasteiger partial charge >= 0.3 is 0 Å². The first-order chi connectivity index (χ1) is 5.52. The monoisotopic (exact) mass is 173 g/mol. The van der Waals surface area contributed by atoms with E-state index in [1.165, 1.54) is 6.92 Å². The van der Waals surface area contributed by atoms with Crippen LogP contribution in [0.1, 0.15) is 27.7 Å². The zero-order chi connectivity index (χ0) is 9.56. The van der Waals surface area contributed by atoms with Crippen molar-refractivity contribution in [2.45, 2.75) is 33.7 Å². The molecule has 0 aliphatic rings. The molecular weight excluding hydrogens is 154 g/mol. The number of rotatable bonds is 5. The van der Waals surface area contributed by atoms with E-state index in [2.05, 4.69) is 19.2 Å². The van der Waals surface area contributed by atoms with Crippen LogP contribution in [0.3, 0.4) is 0 Å². The highest BCUT2D eigenvalue weighted by molar-refractivity contribution is 5.73. The zero-order valence-corrected chi connectivity index (χ0v) is 8.39. The minimum absolute atomic E-state index is 0.00403. The van der Waals surface area contributed by atoms with Gasteiger partial charge in [0.05, 0.1) is 6.61 Å². The van der Waals surface area contributed by atoms with E-state index in [0.29, 0.717) is 12.5 Å². The summed E-state index contributed by atoms with van der Waals surface area (Å²) in [7, 11) is 0. The summed E-state index contributed by atoms with van der Waals surface area (Å²) >= 11 is 0. The quantitative estimate of drug-likeness (QED) is 0.678. The molecule has 0 aliphatic heterocycles. The molecule has 1 unspecified atom stereocenters. The van der Waals surface area contributed by atoms with Gasteiger partial charge in [-0.1, -0.05) is 13.8 Å². The normalized spacial score (nSPS) is 13.1. The molecule has 0 aliphatic carbocycles. The van der Waals surface area contributed by atoms with Crippen LogP contribution in [0, 0.1) is 5.92 Å². The standard InChI is InChI=1S/C9H19NO2/c1-7(2)5-12-6-8(3)10-9(4)11/h7-8H,5-6H2,1-4H3,(H,10,11). The van der Waals surface area contributed by atoms with Crippen LogP contribution in [0.4, 0.5) is 0 Å². The van der Waals surface area contributed by atoms with Gasteiger partial charge in [-0.25, -0.2) is 0 Å². The van der Waals surface area contributed by atoms with E-state index < -0.39 is 0 Å². The first kappa shape index (κ1) is 11.4. The number of carbonyl (C=O) groups excluding carboxylic acids is 1. The molecule has 1 N–H and O–H groups in total. The van der Waals surface area contributed by atoms with Gasteiger partial charge in [0.2, 0.25) is 5.91 Å². The first-order valence-electron chi connectivity index (χ1n) is 4.37. The van der Waals surface area contributed by atoms with Crippen molar-refractivity contribution >= 4 is 5.91 Å². The Balaban J connectivity index is 3.31. The third-order valence-electron chi connectivity index (χ3n) is 1.27. The second-order valence-electron chi connectivity index (χ2n) is 3.53. The Bertz CT molecular complexity index is 134. The molecule has 1 amide bonds. The van der Waals surface area contributed by atoms with Crippen LogP contribution in [0.15, 0.2) is 0 Å². The summed E-state index contributed by atoms with van der Waals surface area (Å²) in [6.45, 7) is 8.99. The second-order valence-corrected chi connectivity index (χ2v) is 3.53. The van der Waals surface area contributed by atoms with Gasteiger partial charge in [0.1, 0.15) is 0 Å². The van der Waals surface area contributed by atoms with Gasteiger partial charge in [-0.15, -0.1) is 0 Å². The molecule has 0 aromatic carbocycles. The van der Waals surface area contributed by atoms with Crippen molar-refractivity contribution in [2.75, 3.05) is 13.2 Å². The number of nitrogens with one attached hydrogen (secondary N) is 1. The van der Waals surface area contributed by atoms with Crippen LogP contribution in [0.5, 0.6) is 0 Å². The number of hydrogen-bond donors (Lipinski definition) is 1. The molecule has 0 fully saturated rings. The average molecular weight is 173 g/mol. The fraction of sp³-hybridized carbons (Fsp3) is 0.889. The number of carbonyl (C=O) groups is 1. The Morgan fingerprint density at radius 3 is 2.33 bits per heavy atom. The van der Waals surface area contributed by atoms with E-state index in [1.807, 2.05) is 6.92 Å². The van der Waals surface area contributed by atoms with E-state index in [4.69, 9.17) is 4.74 Å². The highest BCUT2D eigenvalue weighted by Gasteiger charge is 2.03. The van der Waals surface area contributed by atoms with Gasteiger partial charge in [-0.05, 0) is 12.8 Å². The Hall–Kier alpha value is -0.570. The molecule has 12 heavy (non-hydrogen) atoms. The second kappa shape index (κ2) is 6.00. The van der Waals surface area contributed by atoms with E-state index in [-0.39, 0.29) is 11.9 Å².